The molecule has 0 heterocycles. The molecule has 6 bridgehead atoms. The Morgan fingerprint density at radius 2 is 1.72 bits per heavy atom. The lowest BCUT2D eigenvalue weighted by Crippen LogP contribution is -2.11. The fourth-order valence-corrected chi connectivity index (χ4v) is 8.65. The number of hydrogen-bond donors (Lipinski definition) is 0. The zero-order chi connectivity index (χ0) is 17.3. The summed E-state index contributed by atoms with van der Waals surface area (Å²) in [5.41, 5.74) is 2.31. The van der Waals surface area contributed by atoms with Crippen LogP contribution in [-0.2, 0) is 13.6 Å². The Labute approximate surface area is 149 Å². The maximum Gasteiger partial charge on any atom is 0.357 e. The minimum absolute atomic E-state index is 0.392. The molecule has 1 aromatic rings. The second kappa shape index (κ2) is 5.45. The molecule has 0 amide bonds. The molecule has 5 aliphatic rings. The van der Waals surface area contributed by atoms with Gasteiger partial charge in [0.05, 0.1) is 20.3 Å². The number of rotatable bonds is 7. The maximum atomic E-state index is 13.8. The van der Waals surface area contributed by atoms with Crippen molar-refractivity contribution in [3.8, 4) is 5.75 Å². The molecule has 5 aliphatic carbocycles. The Morgan fingerprint density at radius 1 is 1.04 bits per heavy atom. The number of hydrogen-bond acceptors (Lipinski definition) is 4. The Hall–Kier alpha value is -1.09. The minimum atomic E-state index is -3.26. The molecule has 4 nitrogen and oxygen atoms in total. The number of para-hydroxylation sites is 1. The van der Waals surface area contributed by atoms with Crippen LogP contribution in [0.2, 0.25) is 0 Å². The summed E-state index contributed by atoms with van der Waals surface area (Å²) >= 11 is 0. The Bertz CT molecular complexity index is 791. The topological polar surface area (TPSA) is 44.8 Å². The van der Waals surface area contributed by atoms with Gasteiger partial charge in [0.15, 0.2) is 0 Å². The summed E-state index contributed by atoms with van der Waals surface area (Å²) in [7, 11) is -1.55. The number of allylic oxidation sites excluding steroid dienone is 2. The highest BCUT2D eigenvalue weighted by Gasteiger charge is 2.79. The van der Waals surface area contributed by atoms with Crippen molar-refractivity contribution >= 4 is 13.2 Å². The van der Waals surface area contributed by atoms with Gasteiger partial charge in [-0.1, -0.05) is 18.2 Å². The van der Waals surface area contributed by atoms with E-state index in [0.29, 0.717) is 31.0 Å². The Morgan fingerprint density at radius 3 is 2.36 bits per heavy atom. The van der Waals surface area contributed by atoms with Crippen molar-refractivity contribution in [3.63, 3.8) is 0 Å². The van der Waals surface area contributed by atoms with Gasteiger partial charge >= 0.3 is 7.60 Å². The average Bonchev–Trinajstić information content (AvgIpc) is 2.96. The molecule has 5 heteroatoms. The second-order valence-electron chi connectivity index (χ2n) is 7.60. The molecule has 2 unspecified atom stereocenters. The normalized spacial score (nSPS) is 37.1. The third-order valence-corrected chi connectivity index (χ3v) is 9.13. The van der Waals surface area contributed by atoms with E-state index in [2.05, 4.69) is 6.07 Å². The van der Waals surface area contributed by atoms with Crippen molar-refractivity contribution in [2.75, 3.05) is 20.3 Å². The van der Waals surface area contributed by atoms with Gasteiger partial charge in [-0.05, 0) is 67.4 Å². The summed E-state index contributed by atoms with van der Waals surface area (Å²) in [6.07, 6.45) is 1.28. The predicted octanol–water partition coefficient (Wildman–Crippen LogP) is 4.81. The lowest BCUT2D eigenvalue weighted by Gasteiger charge is -2.27. The van der Waals surface area contributed by atoms with E-state index in [0.717, 1.165) is 34.4 Å². The van der Waals surface area contributed by atoms with Crippen LogP contribution < -0.4 is 4.74 Å². The van der Waals surface area contributed by atoms with Crippen LogP contribution in [0.3, 0.4) is 0 Å². The van der Waals surface area contributed by atoms with Gasteiger partial charge < -0.3 is 13.8 Å². The van der Waals surface area contributed by atoms with E-state index in [1.54, 1.807) is 7.11 Å². The summed E-state index contributed by atoms with van der Waals surface area (Å²) < 4.78 is 31.0. The summed E-state index contributed by atoms with van der Waals surface area (Å²) in [5, 5.41) is 0.983. The fourth-order valence-electron chi connectivity index (χ4n) is 6.33. The molecular weight excluding hydrogens is 335 g/mol. The van der Waals surface area contributed by atoms with Gasteiger partial charge in [-0.15, -0.1) is 0 Å². The molecule has 0 aliphatic heterocycles. The average molecular weight is 360 g/mol. The van der Waals surface area contributed by atoms with Gasteiger partial charge in [-0.25, -0.2) is 0 Å². The van der Waals surface area contributed by atoms with Gasteiger partial charge in [0.25, 0.3) is 0 Å². The summed E-state index contributed by atoms with van der Waals surface area (Å²) in [6, 6.07) is 8.12. The van der Waals surface area contributed by atoms with Crippen LogP contribution in [0.1, 0.15) is 25.8 Å². The van der Waals surface area contributed by atoms with Crippen molar-refractivity contribution in [1.82, 2.24) is 0 Å². The van der Waals surface area contributed by atoms with Crippen LogP contribution in [0.4, 0.5) is 0 Å². The van der Waals surface area contributed by atoms with Crippen molar-refractivity contribution in [2.45, 2.75) is 20.3 Å². The van der Waals surface area contributed by atoms with Crippen LogP contribution in [0.5, 0.6) is 5.75 Å². The van der Waals surface area contributed by atoms with Crippen molar-refractivity contribution in [2.24, 2.45) is 35.5 Å². The lowest BCUT2D eigenvalue weighted by molar-refractivity contribution is 0.222. The van der Waals surface area contributed by atoms with Gasteiger partial charge in [0.1, 0.15) is 5.75 Å². The molecule has 0 aromatic heterocycles. The standard InChI is InChI=1S/C20H25O4P/c1-4-23-25(21,24-5-2)20-18(11-8-6-7-9-14(11)22-3)17-13-10-12-15(17)16(12)19(13)20/h6-9,12-13,15-17,19H,4-5,10H2,1-3H3/t12-,13+,15?,16?,17+,19-/m1/s1. The van der Waals surface area contributed by atoms with E-state index >= 15 is 0 Å². The molecule has 25 heavy (non-hydrogen) atoms. The molecule has 4 fully saturated rings. The first-order chi connectivity index (χ1) is 12.2. The SMILES string of the molecule is CCOP(=O)(OCC)C1=C(c2ccccc2OC)[C@@H]2C3C4[C@@H]3C[C@@H]2[C@@H]14. The van der Waals surface area contributed by atoms with Gasteiger partial charge in [0, 0.05) is 10.9 Å². The molecule has 0 spiro atoms. The molecule has 1 aromatic carbocycles. The highest BCUT2D eigenvalue weighted by molar-refractivity contribution is 7.58. The van der Waals surface area contributed by atoms with E-state index in [-0.39, 0.29) is 0 Å². The summed E-state index contributed by atoms with van der Waals surface area (Å²) in [4.78, 5) is 0. The maximum absolute atomic E-state index is 13.8. The van der Waals surface area contributed by atoms with Crippen LogP contribution in [0.15, 0.2) is 29.6 Å². The molecular formula is C20H25O4P. The van der Waals surface area contributed by atoms with Crippen molar-refractivity contribution in [3.05, 3.63) is 35.1 Å². The third kappa shape index (κ3) is 1.94. The molecule has 4 saturated carbocycles. The minimum Gasteiger partial charge on any atom is -0.496 e. The van der Waals surface area contributed by atoms with Crippen LogP contribution >= 0.6 is 7.60 Å². The predicted molar refractivity (Wildman–Crippen MR) is 96.3 cm³/mol. The lowest BCUT2D eigenvalue weighted by atomic mass is 9.89. The van der Waals surface area contributed by atoms with Gasteiger partial charge in [0.2, 0.25) is 0 Å². The van der Waals surface area contributed by atoms with E-state index < -0.39 is 7.60 Å². The second-order valence-corrected chi connectivity index (χ2v) is 9.60. The van der Waals surface area contributed by atoms with Crippen LogP contribution in [-0.4, -0.2) is 20.3 Å². The van der Waals surface area contributed by atoms with Crippen LogP contribution in [0, 0.1) is 35.5 Å². The van der Waals surface area contributed by atoms with Gasteiger partial charge in [-0.2, -0.15) is 0 Å². The van der Waals surface area contributed by atoms with E-state index in [1.165, 1.54) is 12.0 Å². The highest BCUT2D eigenvalue weighted by atomic mass is 31.2. The Kier molecular flexibility index (Phi) is 3.51. The first-order valence-corrected chi connectivity index (χ1v) is 11.0. The zero-order valence-electron chi connectivity index (χ0n) is 15.0. The molecule has 6 atom stereocenters. The number of methoxy groups -OCH3 is 1. The quantitative estimate of drug-likeness (QED) is 0.654. The molecule has 0 radical (unpaired) electrons. The van der Waals surface area contributed by atoms with Gasteiger partial charge in [-0.3, -0.25) is 4.57 Å². The van der Waals surface area contributed by atoms with Crippen molar-refractivity contribution < 1.29 is 18.3 Å². The molecule has 0 saturated heterocycles. The molecule has 134 valence electrons. The fraction of sp³-hybridized carbons (Fsp3) is 0.600. The smallest absolute Gasteiger partial charge is 0.357 e. The summed E-state index contributed by atoms with van der Waals surface area (Å²) in [6.45, 7) is 4.59. The zero-order valence-corrected chi connectivity index (χ0v) is 15.9. The largest absolute Gasteiger partial charge is 0.496 e. The first-order valence-electron chi connectivity index (χ1n) is 9.43. The monoisotopic (exact) mass is 360 g/mol. The Balaban J connectivity index is 1.71. The third-order valence-electron chi connectivity index (χ3n) is 6.80. The van der Waals surface area contributed by atoms with E-state index in [4.69, 9.17) is 13.8 Å². The summed E-state index contributed by atoms with van der Waals surface area (Å²) in [5.74, 6) is 4.73. The van der Waals surface area contributed by atoms with Crippen LogP contribution in [0.25, 0.3) is 5.57 Å². The first kappa shape index (κ1) is 16.1. The number of benzene rings is 1. The molecule has 6 rings (SSSR count). The van der Waals surface area contributed by atoms with Crippen molar-refractivity contribution in [1.29, 1.82) is 0 Å². The molecule has 0 N–H and O–H groups in total. The number of ether oxygens (including phenoxy) is 1. The van der Waals surface area contributed by atoms with E-state index in [1.807, 2.05) is 32.0 Å². The highest BCUT2D eigenvalue weighted by Crippen LogP contribution is 2.87. The van der Waals surface area contributed by atoms with E-state index in [9.17, 15) is 4.57 Å².